The molecule has 0 saturated carbocycles. The molecule has 30 heavy (non-hydrogen) atoms. The number of nitrogens with one attached hydrogen (secondary N) is 1. The van der Waals surface area contributed by atoms with Gasteiger partial charge in [0.05, 0.1) is 0 Å². The average molecular weight is 404 g/mol. The Morgan fingerprint density at radius 3 is 2.23 bits per heavy atom. The minimum absolute atomic E-state index is 0.0282. The minimum atomic E-state index is -0.270. The van der Waals surface area contributed by atoms with Gasteiger partial charge in [0.15, 0.2) is 0 Å². The molecule has 0 spiro atoms. The number of fused-ring (bicyclic) bond motifs is 1. The normalized spacial score (nSPS) is 17.9. The van der Waals surface area contributed by atoms with Crippen LogP contribution >= 0.6 is 0 Å². The van der Waals surface area contributed by atoms with E-state index in [2.05, 4.69) is 40.5 Å². The fourth-order valence-electron chi connectivity index (χ4n) is 4.45. The lowest BCUT2D eigenvalue weighted by Crippen LogP contribution is -2.37. The van der Waals surface area contributed by atoms with E-state index in [1.54, 1.807) is 24.3 Å². The molecule has 1 heterocycles. The summed E-state index contributed by atoms with van der Waals surface area (Å²) in [6.07, 6.45) is 4.53. The van der Waals surface area contributed by atoms with Gasteiger partial charge in [-0.15, -0.1) is 0 Å². The van der Waals surface area contributed by atoms with E-state index in [4.69, 9.17) is 5.73 Å². The predicted octanol–water partition coefficient (Wildman–Crippen LogP) is 3.17. The first-order valence-corrected chi connectivity index (χ1v) is 10.8. The summed E-state index contributed by atoms with van der Waals surface area (Å²) in [6, 6.07) is 17.6. The van der Waals surface area contributed by atoms with Crippen molar-refractivity contribution in [3.05, 3.63) is 82.7 Å². The number of piperidine rings is 1. The number of hydrogen-bond acceptors (Lipinski definition) is 5. The number of nitrogens with two attached hydrogens (primary N) is 1. The molecular formula is C25H29N3O2. The van der Waals surface area contributed by atoms with Crippen molar-refractivity contribution in [2.45, 2.75) is 25.7 Å². The van der Waals surface area contributed by atoms with Crippen LogP contribution in [0.2, 0.25) is 0 Å². The third-order valence-corrected chi connectivity index (χ3v) is 6.18. The van der Waals surface area contributed by atoms with E-state index < -0.39 is 0 Å². The van der Waals surface area contributed by atoms with Crippen LogP contribution < -0.4 is 11.1 Å². The third kappa shape index (κ3) is 4.46. The van der Waals surface area contributed by atoms with Gasteiger partial charge in [-0.05, 0) is 56.8 Å². The maximum atomic E-state index is 12.7. The summed E-state index contributed by atoms with van der Waals surface area (Å²) < 4.78 is 0. The Morgan fingerprint density at radius 2 is 1.53 bits per heavy atom. The Kier molecular flexibility index (Phi) is 6.29. The smallest absolute Gasteiger partial charge is 0.211 e. The molecule has 0 amide bonds. The summed E-state index contributed by atoms with van der Waals surface area (Å²) in [5.41, 5.74) is 8.50. The molecule has 0 radical (unpaired) electrons. The highest BCUT2D eigenvalue weighted by molar-refractivity contribution is 6.26. The largest absolute Gasteiger partial charge is 0.394 e. The highest BCUT2D eigenvalue weighted by Gasteiger charge is 2.30. The predicted molar refractivity (Wildman–Crippen MR) is 118 cm³/mol. The van der Waals surface area contributed by atoms with Crippen LogP contribution in [0.3, 0.4) is 0 Å². The van der Waals surface area contributed by atoms with Crippen molar-refractivity contribution in [1.82, 2.24) is 10.2 Å². The summed E-state index contributed by atoms with van der Waals surface area (Å²) in [5, 5.41) is 3.13. The van der Waals surface area contributed by atoms with Crippen LogP contribution in [0.15, 0.2) is 66.0 Å². The van der Waals surface area contributed by atoms with Gasteiger partial charge in [0.2, 0.25) is 11.6 Å². The van der Waals surface area contributed by atoms with Gasteiger partial charge in [0.1, 0.15) is 11.4 Å². The second kappa shape index (κ2) is 9.26. The number of rotatable bonds is 7. The standard InChI is InChI=1S/C25H29N3O2/c26-22-23(25(30)21-10-5-4-9-20(21)24(22)29)27-13-6-14-28-15-11-19(12-16-28)17-18-7-2-1-3-8-18/h1-5,7-10,19,27H,6,11-17,26H2. The molecule has 2 aliphatic rings. The van der Waals surface area contributed by atoms with Crippen molar-refractivity contribution < 1.29 is 9.59 Å². The second-order valence-electron chi connectivity index (χ2n) is 8.25. The molecule has 156 valence electrons. The molecule has 3 N–H and O–H groups in total. The van der Waals surface area contributed by atoms with Gasteiger partial charge in [-0.1, -0.05) is 54.6 Å². The van der Waals surface area contributed by atoms with Crippen LogP contribution in [0, 0.1) is 5.92 Å². The maximum absolute atomic E-state index is 12.7. The molecule has 0 atom stereocenters. The van der Waals surface area contributed by atoms with Gasteiger partial charge in [-0.2, -0.15) is 0 Å². The fraction of sp³-hybridized carbons (Fsp3) is 0.360. The van der Waals surface area contributed by atoms with Gasteiger partial charge in [0.25, 0.3) is 0 Å². The number of carbonyl (C=O) groups excluding carboxylic acids is 2. The first-order chi connectivity index (χ1) is 14.6. The van der Waals surface area contributed by atoms with Crippen LogP contribution in [-0.4, -0.2) is 42.6 Å². The summed E-state index contributed by atoms with van der Waals surface area (Å²) in [4.78, 5) is 27.6. The molecule has 5 heteroatoms. The van der Waals surface area contributed by atoms with Gasteiger partial charge in [-0.25, -0.2) is 0 Å². The van der Waals surface area contributed by atoms with Crippen LogP contribution in [0.4, 0.5) is 0 Å². The number of hydrogen-bond donors (Lipinski definition) is 2. The lowest BCUT2D eigenvalue weighted by atomic mass is 9.90. The van der Waals surface area contributed by atoms with E-state index in [0.717, 1.165) is 32.0 Å². The topological polar surface area (TPSA) is 75.4 Å². The molecule has 1 aliphatic heterocycles. The zero-order valence-electron chi connectivity index (χ0n) is 17.3. The summed E-state index contributed by atoms with van der Waals surface area (Å²) in [6.45, 7) is 3.85. The number of carbonyl (C=O) groups is 2. The first-order valence-electron chi connectivity index (χ1n) is 10.8. The van der Waals surface area contributed by atoms with Gasteiger partial charge in [-0.3, -0.25) is 9.59 Å². The zero-order valence-corrected chi connectivity index (χ0v) is 17.3. The molecule has 1 fully saturated rings. The molecule has 1 saturated heterocycles. The maximum Gasteiger partial charge on any atom is 0.211 e. The monoisotopic (exact) mass is 403 g/mol. The Morgan fingerprint density at radius 1 is 0.900 bits per heavy atom. The minimum Gasteiger partial charge on any atom is -0.394 e. The van der Waals surface area contributed by atoms with Crippen molar-refractivity contribution in [2.24, 2.45) is 11.7 Å². The van der Waals surface area contributed by atoms with Crippen LogP contribution in [-0.2, 0) is 6.42 Å². The molecule has 5 nitrogen and oxygen atoms in total. The molecule has 2 aromatic carbocycles. The summed E-state index contributed by atoms with van der Waals surface area (Å²) in [5.74, 6) is 0.301. The zero-order chi connectivity index (χ0) is 20.9. The van der Waals surface area contributed by atoms with E-state index in [1.165, 1.54) is 24.8 Å². The Labute approximate surface area is 178 Å². The SMILES string of the molecule is NC1=C(NCCCN2CCC(Cc3ccccc3)CC2)C(=O)c2ccccc2C1=O. The van der Waals surface area contributed by atoms with Crippen molar-refractivity contribution in [1.29, 1.82) is 0 Å². The number of Topliss-reactive ketones (excluding diaryl/α,β-unsaturated/α-hetero) is 2. The Hall–Kier alpha value is -2.92. The van der Waals surface area contributed by atoms with E-state index in [-0.39, 0.29) is 23.0 Å². The van der Waals surface area contributed by atoms with Crippen LogP contribution in [0.25, 0.3) is 0 Å². The quantitative estimate of drug-likeness (QED) is 0.695. The number of ketones is 2. The van der Waals surface area contributed by atoms with E-state index in [9.17, 15) is 9.59 Å². The molecule has 0 aromatic heterocycles. The summed E-state index contributed by atoms with van der Waals surface area (Å²) >= 11 is 0. The number of nitrogens with zero attached hydrogens (tertiary/aromatic N) is 1. The Bertz CT molecular complexity index is 944. The first kappa shape index (κ1) is 20.4. The number of allylic oxidation sites excluding steroid dienone is 2. The number of likely N-dealkylation sites (tertiary alicyclic amines) is 1. The van der Waals surface area contributed by atoms with Crippen LogP contribution in [0.1, 0.15) is 45.5 Å². The lowest BCUT2D eigenvalue weighted by Gasteiger charge is -2.32. The van der Waals surface area contributed by atoms with Gasteiger partial charge < -0.3 is 16.0 Å². The van der Waals surface area contributed by atoms with E-state index in [1.807, 2.05) is 0 Å². The van der Waals surface area contributed by atoms with Crippen molar-refractivity contribution >= 4 is 11.6 Å². The Balaban J connectivity index is 1.22. The fourth-order valence-corrected chi connectivity index (χ4v) is 4.45. The number of benzene rings is 2. The molecule has 4 rings (SSSR count). The molecule has 0 bridgehead atoms. The van der Waals surface area contributed by atoms with Crippen molar-refractivity contribution in [3.63, 3.8) is 0 Å². The average Bonchev–Trinajstić information content (AvgIpc) is 2.79. The summed E-state index contributed by atoms with van der Waals surface area (Å²) in [7, 11) is 0. The molecular weight excluding hydrogens is 374 g/mol. The van der Waals surface area contributed by atoms with E-state index >= 15 is 0 Å². The lowest BCUT2D eigenvalue weighted by molar-refractivity contribution is 0.0967. The van der Waals surface area contributed by atoms with Gasteiger partial charge in [0, 0.05) is 17.7 Å². The van der Waals surface area contributed by atoms with Crippen LogP contribution in [0.5, 0.6) is 0 Å². The van der Waals surface area contributed by atoms with Crippen molar-refractivity contribution in [3.8, 4) is 0 Å². The van der Waals surface area contributed by atoms with Gasteiger partial charge >= 0.3 is 0 Å². The molecule has 2 aromatic rings. The highest BCUT2D eigenvalue weighted by atomic mass is 16.1. The second-order valence-corrected chi connectivity index (χ2v) is 8.25. The third-order valence-electron chi connectivity index (χ3n) is 6.18. The van der Waals surface area contributed by atoms with Crippen molar-refractivity contribution in [2.75, 3.05) is 26.2 Å². The molecule has 1 aliphatic carbocycles. The molecule has 0 unspecified atom stereocenters. The van der Waals surface area contributed by atoms with E-state index in [0.29, 0.717) is 17.7 Å². The highest BCUT2D eigenvalue weighted by Crippen LogP contribution is 2.23.